The van der Waals surface area contributed by atoms with Gasteiger partial charge in [-0.2, -0.15) is 5.10 Å². The first kappa shape index (κ1) is 22.3. The Kier molecular flexibility index (Phi) is 6.43. The van der Waals surface area contributed by atoms with Crippen LogP contribution in [-0.4, -0.2) is 64.9 Å². The second kappa shape index (κ2) is 9.80. The molecule has 0 radical (unpaired) electrons. The van der Waals surface area contributed by atoms with E-state index >= 15 is 0 Å². The van der Waals surface area contributed by atoms with Gasteiger partial charge >= 0.3 is 0 Å². The predicted molar refractivity (Wildman–Crippen MR) is 125 cm³/mol. The molecule has 34 heavy (non-hydrogen) atoms. The predicted octanol–water partition coefficient (Wildman–Crippen LogP) is 1.41. The molecule has 1 saturated heterocycles. The Bertz CT molecular complexity index is 1090. The van der Waals surface area contributed by atoms with Gasteiger partial charge in [0, 0.05) is 44.3 Å². The van der Waals surface area contributed by atoms with E-state index in [0.717, 1.165) is 56.8 Å². The van der Waals surface area contributed by atoms with Crippen LogP contribution < -0.4 is 16.4 Å². The number of pyridine rings is 1. The van der Waals surface area contributed by atoms with Gasteiger partial charge in [-0.3, -0.25) is 14.3 Å². The maximum Gasteiger partial charge on any atom is 0.271 e. The van der Waals surface area contributed by atoms with E-state index in [-0.39, 0.29) is 18.2 Å². The molecule has 2 fully saturated rings. The lowest BCUT2D eigenvalue weighted by Gasteiger charge is -2.22. The number of hydrogen-bond acceptors (Lipinski definition) is 8. The third-order valence-corrected chi connectivity index (χ3v) is 6.27. The SMILES string of the molecule is NC(=O)c1nn(CC2CC2)cc1NC(=O)C1COC(c2ccnc(NCC3CCOCC3)c2)=N1. The minimum absolute atomic E-state index is 0.0477. The molecule has 4 N–H and O–H groups in total. The zero-order valence-electron chi connectivity index (χ0n) is 18.9. The number of ether oxygens (including phenoxy) is 2. The lowest BCUT2D eigenvalue weighted by molar-refractivity contribution is -0.117. The fourth-order valence-electron chi connectivity index (χ4n) is 4.10. The first-order valence-corrected chi connectivity index (χ1v) is 11.7. The summed E-state index contributed by atoms with van der Waals surface area (Å²) in [5, 5.41) is 10.3. The molecule has 2 amide bonds. The second-order valence-corrected chi connectivity index (χ2v) is 9.04. The van der Waals surface area contributed by atoms with Crippen LogP contribution in [0.1, 0.15) is 41.7 Å². The maximum absolute atomic E-state index is 12.8. The largest absolute Gasteiger partial charge is 0.475 e. The molecule has 2 aromatic rings. The Morgan fingerprint density at radius 2 is 2.00 bits per heavy atom. The molecule has 0 aromatic carbocycles. The van der Waals surface area contributed by atoms with Gasteiger partial charge in [-0.1, -0.05) is 0 Å². The molecule has 1 aliphatic carbocycles. The van der Waals surface area contributed by atoms with Crippen LogP contribution in [-0.2, 0) is 20.8 Å². The van der Waals surface area contributed by atoms with Crippen LogP contribution in [0.4, 0.5) is 11.5 Å². The molecule has 11 nitrogen and oxygen atoms in total. The standard InChI is InChI=1S/C23H29N7O4/c24-21(31)20-17(12-30(29-20)11-15-1-2-15)27-22(32)18-13-34-23(28-18)16-3-6-25-19(9-16)26-10-14-4-7-33-8-5-14/h3,6,9,12,14-15,18H,1-2,4-5,7-8,10-11,13H2,(H2,24,31)(H,25,26)(H,27,32). The van der Waals surface area contributed by atoms with E-state index in [2.05, 4.69) is 25.7 Å². The number of nitrogens with zero attached hydrogens (tertiary/aromatic N) is 4. The summed E-state index contributed by atoms with van der Waals surface area (Å²) in [6.45, 7) is 3.25. The number of carbonyl (C=O) groups is 2. The number of primary amides is 1. The highest BCUT2D eigenvalue weighted by Gasteiger charge is 2.29. The molecular formula is C23H29N7O4. The number of hydrogen-bond donors (Lipinski definition) is 3. The summed E-state index contributed by atoms with van der Waals surface area (Å²) in [6, 6.07) is 2.92. The normalized spacial score (nSPS) is 20.5. The van der Waals surface area contributed by atoms with E-state index in [0.29, 0.717) is 30.0 Å². The van der Waals surface area contributed by atoms with Crippen molar-refractivity contribution in [2.75, 3.05) is 37.0 Å². The molecule has 1 unspecified atom stereocenters. The maximum atomic E-state index is 12.8. The Labute approximate surface area is 197 Å². The van der Waals surface area contributed by atoms with Crippen LogP contribution in [0, 0.1) is 11.8 Å². The van der Waals surface area contributed by atoms with Crippen molar-refractivity contribution in [2.45, 2.75) is 38.3 Å². The highest BCUT2D eigenvalue weighted by Crippen LogP contribution is 2.31. The van der Waals surface area contributed by atoms with Crippen LogP contribution in [0.2, 0.25) is 0 Å². The van der Waals surface area contributed by atoms with Crippen molar-refractivity contribution >= 4 is 29.2 Å². The summed E-state index contributed by atoms with van der Waals surface area (Å²) in [6.07, 6.45) is 7.70. The number of carbonyl (C=O) groups excluding carboxylic acids is 2. The van der Waals surface area contributed by atoms with Crippen LogP contribution in [0.3, 0.4) is 0 Å². The highest BCUT2D eigenvalue weighted by atomic mass is 16.5. The average molecular weight is 468 g/mol. The molecule has 1 saturated carbocycles. The van der Waals surface area contributed by atoms with E-state index in [1.807, 2.05) is 6.07 Å². The zero-order chi connectivity index (χ0) is 23.5. The molecule has 1 atom stereocenters. The van der Waals surface area contributed by atoms with Crippen molar-refractivity contribution in [1.29, 1.82) is 0 Å². The van der Waals surface area contributed by atoms with E-state index < -0.39 is 11.9 Å². The fourth-order valence-corrected chi connectivity index (χ4v) is 4.10. The van der Waals surface area contributed by atoms with Gasteiger partial charge in [-0.25, -0.2) is 9.98 Å². The van der Waals surface area contributed by atoms with Crippen molar-refractivity contribution in [2.24, 2.45) is 22.6 Å². The number of anilines is 2. The minimum atomic E-state index is -0.741. The number of aliphatic imine (C=N–C) groups is 1. The Balaban J connectivity index is 1.22. The Morgan fingerprint density at radius 3 is 2.76 bits per heavy atom. The van der Waals surface area contributed by atoms with Crippen LogP contribution in [0.25, 0.3) is 0 Å². The average Bonchev–Trinajstić information content (AvgIpc) is 3.35. The lowest BCUT2D eigenvalue weighted by atomic mass is 10.0. The monoisotopic (exact) mass is 467 g/mol. The van der Waals surface area contributed by atoms with Crippen LogP contribution in [0.5, 0.6) is 0 Å². The van der Waals surface area contributed by atoms with Crippen LogP contribution >= 0.6 is 0 Å². The summed E-state index contributed by atoms with van der Waals surface area (Å²) < 4.78 is 12.8. The summed E-state index contributed by atoms with van der Waals surface area (Å²) in [5.74, 6) is 1.18. The molecule has 2 aliphatic heterocycles. The molecule has 3 aliphatic rings. The number of nitrogens with two attached hydrogens (primary N) is 1. The number of aromatic nitrogens is 3. The first-order chi connectivity index (χ1) is 16.5. The number of rotatable bonds is 9. The third-order valence-electron chi connectivity index (χ3n) is 6.27. The summed E-state index contributed by atoms with van der Waals surface area (Å²) in [4.78, 5) is 33.4. The van der Waals surface area contributed by atoms with Gasteiger partial charge in [0.2, 0.25) is 5.90 Å². The van der Waals surface area contributed by atoms with Gasteiger partial charge in [0.15, 0.2) is 11.7 Å². The second-order valence-electron chi connectivity index (χ2n) is 9.04. The molecule has 5 rings (SSSR count). The topological polar surface area (TPSA) is 146 Å². The fraction of sp³-hybridized carbons (Fsp3) is 0.522. The van der Waals surface area contributed by atoms with Crippen LogP contribution in [0.15, 0.2) is 29.5 Å². The summed E-state index contributed by atoms with van der Waals surface area (Å²) in [5.41, 5.74) is 6.54. The van der Waals surface area contributed by atoms with E-state index in [1.165, 1.54) is 0 Å². The third kappa shape index (κ3) is 5.36. The van der Waals surface area contributed by atoms with Gasteiger partial charge in [0.25, 0.3) is 11.8 Å². The van der Waals surface area contributed by atoms with Gasteiger partial charge in [0.05, 0.1) is 5.69 Å². The van der Waals surface area contributed by atoms with Gasteiger partial charge < -0.3 is 25.8 Å². The molecule has 0 bridgehead atoms. The van der Waals surface area contributed by atoms with Crippen molar-refractivity contribution in [3.05, 3.63) is 35.8 Å². The Hall–Kier alpha value is -3.47. The molecule has 2 aromatic heterocycles. The minimum Gasteiger partial charge on any atom is -0.475 e. The van der Waals surface area contributed by atoms with Gasteiger partial charge in [-0.15, -0.1) is 0 Å². The first-order valence-electron chi connectivity index (χ1n) is 11.7. The van der Waals surface area contributed by atoms with Crippen molar-refractivity contribution in [3.8, 4) is 0 Å². The quantitative estimate of drug-likeness (QED) is 0.505. The number of nitrogens with one attached hydrogen (secondary N) is 2. The zero-order valence-corrected chi connectivity index (χ0v) is 18.9. The molecule has 4 heterocycles. The summed E-state index contributed by atoms with van der Waals surface area (Å²) >= 11 is 0. The molecule has 0 spiro atoms. The smallest absolute Gasteiger partial charge is 0.271 e. The van der Waals surface area contributed by atoms with Gasteiger partial charge in [0.1, 0.15) is 12.4 Å². The Morgan fingerprint density at radius 1 is 1.18 bits per heavy atom. The molecule has 11 heteroatoms. The van der Waals surface area contributed by atoms with Crippen molar-refractivity contribution < 1.29 is 19.1 Å². The number of amides is 2. The van der Waals surface area contributed by atoms with E-state index in [9.17, 15) is 9.59 Å². The van der Waals surface area contributed by atoms with Crippen molar-refractivity contribution in [3.63, 3.8) is 0 Å². The van der Waals surface area contributed by atoms with Crippen molar-refractivity contribution in [1.82, 2.24) is 14.8 Å². The highest BCUT2D eigenvalue weighted by molar-refractivity contribution is 6.05. The summed E-state index contributed by atoms with van der Waals surface area (Å²) in [7, 11) is 0. The van der Waals surface area contributed by atoms with Gasteiger partial charge in [-0.05, 0) is 49.7 Å². The molecular weight excluding hydrogens is 438 g/mol. The van der Waals surface area contributed by atoms with E-state index in [1.54, 1.807) is 23.1 Å². The van der Waals surface area contributed by atoms with E-state index in [4.69, 9.17) is 15.2 Å². The molecule has 180 valence electrons. The lowest BCUT2D eigenvalue weighted by Crippen LogP contribution is -2.28.